The molecule has 2 nitrogen and oxygen atoms in total. The van der Waals surface area contributed by atoms with Crippen LogP contribution in [0.25, 0.3) is 0 Å². The summed E-state index contributed by atoms with van der Waals surface area (Å²) in [6, 6.07) is 6.42. The zero-order valence-corrected chi connectivity index (χ0v) is 11.8. The molecule has 1 N–H and O–H groups in total. The maximum atomic E-state index is 6.00. The second kappa shape index (κ2) is 4.88. The summed E-state index contributed by atoms with van der Waals surface area (Å²) in [5.41, 5.74) is 1.21. The van der Waals surface area contributed by atoms with Gasteiger partial charge in [0.05, 0.1) is 12.2 Å². The highest BCUT2D eigenvalue weighted by molar-refractivity contribution is 9.10. The van der Waals surface area contributed by atoms with Crippen molar-refractivity contribution in [3.63, 3.8) is 0 Å². The number of rotatable bonds is 3. The van der Waals surface area contributed by atoms with E-state index in [4.69, 9.17) is 16.3 Å². The Labute approximate surface area is 115 Å². The maximum absolute atomic E-state index is 6.00. The molecule has 2 aliphatic heterocycles. The van der Waals surface area contributed by atoms with Crippen LogP contribution in [0.4, 0.5) is 0 Å². The zero-order valence-electron chi connectivity index (χ0n) is 9.46. The van der Waals surface area contributed by atoms with Crippen LogP contribution < -0.4 is 5.32 Å². The molecule has 1 aromatic rings. The third-order valence-electron chi connectivity index (χ3n) is 3.67. The molecule has 2 heterocycles. The predicted molar refractivity (Wildman–Crippen MR) is 72.3 cm³/mol. The van der Waals surface area contributed by atoms with Crippen LogP contribution in [0.1, 0.15) is 24.8 Å². The second-order valence-corrected chi connectivity index (χ2v) is 6.12. The summed E-state index contributed by atoms with van der Waals surface area (Å²) in [6.07, 6.45) is 4.53. The van der Waals surface area contributed by atoms with E-state index in [0.717, 1.165) is 22.5 Å². The number of halogens is 2. The summed E-state index contributed by atoms with van der Waals surface area (Å²) in [5.74, 6) is 0. The SMILES string of the molecule is Clc1ccc(Br)c(CNC2CC3CCC2O3)c1. The first-order valence-electron chi connectivity index (χ1n) is 6.05. The Hall–Kier alpha value is -0.0900. The summed E-state index contributed by atoms with van der Waals surface area (Å²) >= 11 is 9.55. The molecule has 2 saturated heterocycles. The smallest absolute Gasteiger partial charge is 0.0733 e. The molecule has 0 amide bonds. The molecule has 4 heteroatoms. The lowest BCUT2D eigenvalue weighted by Gasteiger charge is -2.20. The van der Waals surface area contributed by atoms with E-state index in [0.29, 0.717) is 18.2 Å². The highest BCUT2D eigenvalue weighted by Crippen LogP contribution is 2.34. The van der Waals surface area contributed by atoms with Gasteiger partial charge in [0.1, 0.15) is 0 Å². The van der Waals surface area contributed by atoms with Crippen LogP contribution in [-0.4, -0.2) is 18.2 Å². The fraction of sp³-hybridized carbons (Fsp3) is 0.538. The van der Waals surface area contributed by atoms with E-state index in [1.165, 1.54) is 18.4 Å². The van der Waals surface area contributed by atoms with Crippen molar-refractivity contribution in [2.45, 2.75) is 44.1 Å². The highest BCUT2D eigenvalue weighted by Gasteiger charge is 2.40. The molecule has 0 saturated carbocycles. The lowest BCUT2D eigenvalue weighted by Crippen LogP contribution is -2.37. The number of hydrogen-bond acceptors (Lipinski definition) is 2. The van der Waals surface area contributed by atoms with Crippen molar-refractivity contribution >= 4 is 27.5 Å². The lowest BCUT2D eigenvalue weighted by atomic mass is 9.95. The molecule has 3 rings (SSSR count). The van der Waals surface area contributed by atoms with E-state index in [1.54, 1.807) is 0 Å². The van der Waals surface area contributed by atoms with Gasteiger partial charge in [0.25, 0.3) is 0 Å². The van der Waals surface area contributed by atoms with Crippen LogP contribution in [0, 0.1) is 0 Å². The van der Waals surface area contributed by atoms with Gasteiger partial charge in [-0.3, -0.25) is 0 Å². The molecule has 1 aromatic carbocycles. The summed E-state index contributed by atoms with van der Waals surface area (Å²) in [5, 5.41) is 4.37. The van der Waals surface area contributed by atoms with Crippen LogP contribution >= 0.6 is 27.5 Å². The third kappa shape index (κ3) is 2.53. The first kappa shape index (κ1) is 12.0. The van der Waals surface area contributed by atoms with Gasteiger partial charge in [-0.15, -0.1) is 0 Å². The van der Waals surface area contributed by atoms with Gasteiger partial charge < -0.3 is 10.1 Å². The van der Waals surface area contributed by atoms with Crippen LogP contribution in [0.5, 0.6) is 0 Å². The number of ether oxygens (including phenoxy) is 1. The standard InChI is InChI=1S/C13H15BrClNO/c14-11-3-1-9(15)5-8(11)7-16-12-6-10-2-4-13(12)17-10/h1,3,5,10,12-13,16H,2,4,6-7H2. The molecule has 0 radical (unpaired) electrons. The molecular formula is C13H15BrClNO. The van der Waals surface area contributed by atoms with Gasteiger partial charge in [-0.2, -0.15) is 0 Å². The van der Waals surface area contributed by atoms with Crippen molar-refractivity contribution in [1.82, 2.24) is 5.32 Å². The average Bonchev–Trinajstić information content (AvgIpc) is 2.92. The fourth-order valence-corrected chi connectivity index (χ4v) is 3.35. The van der Waals surface area contributed by atoms with Crippen molar-refractivity contribution in [2.75, 3.05) is 0 Å². The van der Waals surface area contributed by atoms with Crippen molar-refractivity contribution < 1.29 is 4.74 Å². The van der Waals surface area contributed by atoms with E-state index < -0.39 is 0 Å². The van der Waals surface area contributed by atoms with Gasteiger partial charge >= 0.3 is 0 Å². The Morgan fingerprint density at radius 3 is 3.00 bits per heavy atom. The Kier molecular flexibility index (Phi) is 3.44. The molecule has 2 bridgehead atoms. The molecule has 92 valence electrons. The van der Waals surface area contributed by atoms with Crippen LogP contribution in [-0.2, 0) is 11.3 Å². The maximum Gasteiger partial charge on any atom is 0.0733 e. The van der Waals surface area contributed by atoms with Gasteiger partial charge in [-0.25, -0.2) is 0 Å². The number of nitrogens with one attached hydrogen (secondary N) is 1. The Morgan fingerprint density at radius 2 is 2.29 bits per heavy atom. The highest BCUT2D eigenvalue weighted by atomic mass is 79.9. The molecule has 0 spiro atoms. The minimum absolute atomic E-state index is 0.429. The Morgan fingerprint density at radius 1 is 1.41 bits per heavy atom. The quantitative estimate of drug-likeness (QED) is 0.921. The molecule has 3 atom stereocenters. The Bertz CT molecular complexity index is 426. The number of fused-ring (bicyclic) bond motifs is 2. The van der Waals surface area contributed by atoms with Crippen LogP contribution in [0.2, 0.25) is 5.02 Å². The van der Waals surface area contributed by atoms with E-state index >= 15 is 0 Å². The molecule has 17 heavy (non-hydrogen) atoms. The third-order valence-corrected chi connectivity index (χ3v) is 4.68. The number of hydrogen-bond donors (Lipinski definition) is 1. The van der Waals surface area contributed by atoms with Crippen molar-refractivity contribution in [3.8, 4) is 0 Å². The van der Waals surface area contributed by atoms with Gasteiger partial charge in [0.2, 0.25) is 0 Å². The monoisotopic (exact) mass is 315 g/mol. The minimum Gasteiger partial charge on any atom is -0.373 e. The summed E-state index contributed by atoms with van der Waals surface area (Å²) in [6.45, 7) is 0.846. The van der Waals surface area contributed by atoms with Crippen molar-refractivity contribution in [1.29, 1.82) is 0 Å². The molecule has 0 aromatic heterocycles. The predicted octanol–water partition coefficient (Wildman–Crippen LogP) is 3.51. The average molecular weight is 317 g/mol. The van der Waals surface area contributed by atoms with Gasteiger partial charge in [0, 0.05) is 22.1 Å². The Balaban J connectivity index is 1.62. The molecular weight excluding hydrogens is 302 g/mol. The zero-order chi connectivity index (χ0) is 11.8. The first-order valence-corrected chi connectivity index (χ1v) is 7.22. The summed E-state index contributed by atoms with van der Waals surface area (Å²) in [4.78, 5) is 0. The summed E-state index contributed by atoms with van der Waals surface area (Å²) < 4.78 is 6.94. The molecule has 0 aliphatic carbocycles. The topological polar surface area (TPSA) is 21.3 Å². The largest absolute Gasteiger partial charge is 0.373 e. The molecule has 2 fully saturated rings. The normalized spacial score (nSPS) is 31.1. The van der Waals surface area contributed by atoms with Crippen molar-refractivity contribution in [2.24, 2.45) is 0 Å². The van der Waals surface area contributed by atoms with Crippen LogP contribution in [0.15, 0.2) is 22.7 Å². The van der Waals surface area contributed by atoms with Crippen molar-refractivity contribution in [3.05, 3.63) is 33.3 Å². The van der Waals surface area contributed by atoms with Gasteiger partial charge in [-0.05, 0) is 43.0 Å². The first-order chi connectivity index (χ1) is 8.22. The minimum atomic E-state index is 0.429. The second-order valence-electron chi connectivity index (χ2n) is 4.83. The summed E-state index contributed by atoms with van der Waals surface area (Å²) in [7, 11) is 0. The lowest BCUT2D eigenvalue weighted by molar-refractivity contribution is 0.0973. The molecule has 2 aliphatic rings. The van der Waals surface area contributed by atoms with E-state index in [1.807, 2.05) is 18.2 Å². The fourth-order valence-electron chi connectivity index (χ4n) is 2.77. The van der Waals surface area contributed by atoms with Crippen LogP contribution in [0.3, 0.4) is 0 Å². The molecule has 3 unspecified atom stereocenters. The number of benzene rings is 1. The van der Waals surface area contributed by atoms with Gasteiger partial charge in [0.15, 0.2) is 0 Å². The van der Waals surface area contributed by atoms with E-state index in [-0.39, 0.29) is 0 Å². The van der Waals surface area contributed by atoms with E-state index in [9.17, 15) is 0 Å². The van der Waals surface area contributed by atoms with Gasteiger partial charge in [-0.1, -0.05) is 27.5 Å². The van der Waals surface area contributed by atoms with E-state index in [2.05, 4.69) is 21.2 Å².